The largest absolute Gasteiger partial charge is 0.403 e. The number of nitrogens with zero attached hydrogens (tertiary/aromatic N) is 2. The number of nitrogens with one attached hydrogen (secondary N) is 1. The summed E-state index contributed by atoms with van der Waals surface area (Å²) >= 11 is 0. The van der Waals surface area contributed by atoms with E-state index in [-0.39, 0.29) is 6.42 Å². The molecule has 0 aliphatic carbocycles. The van der Waals surface area contributed by atoms with Crippen LogP contribution in [0.2, 0.25) is 0 Å². The average Bonchev–Trinajstić information content (AvgIpc) is 2.62. The molecule has 98 valence electrons. The Bertz CT molecular complexity index is 333. The zero-order chi connectivity index (χ0) is 12.9. The van der Waals surface area contributed by atoms with Gasteiger partial charge in [0.15, 0.2) is 0 Å². The lowest BCUT2D eigenvalue weighted by Crippen LogP contribution is -2.42. The molecule has 1 aromatic heterocycles. The second kappa shape index (κ2) is 6.05. The lowest BCUT2D eigenvalue weighted by Gasteiger charge is -2.21. The van der Waals surface area contributed by atoms with Crippen molar-refractivity contribution in [3.8, 4) is 0 Å². The number of rotatable bonds is 6. The number of hydrogen-bond donors (Lipinski definition) is 1. The maximum atomic E-state index is 12.7. The third-order valence-corrected chi connectivity index (χ3v) is 2.52. The van der Waals surface area contributed by atoms with E-state index in [0.717, 1.165) is 5.56 Å². The number of aromatic nitrogens is 2. The fourth-order valence-corrected chi connectivity index (χ4v) is 1.61. The van der Waals surface area contributed by atoms with Crippen LogP contribution in [0.15, 0.2) is 12.4 Å². The summed E-state index contributed by atoms with van der Waals surface area (Å²) in [6.45, 7) is 2.23. The minimum atomic E-state index is -4.18. The first-order chi connectivity index (χ1) is 7.93. The first-order valence-electron chi connectivity index (χ1n) is 5.71. The first kappa shape index (κ1) is 14.0. The Morgan fingerprint density at radius 1 is 1.47 bits per heavy atom. The number of hydrogen-bond acceptors (Lipinski definition) is 2. The molecule has 1 N–H and O–H groups in total. The van der Waals surface area contributed by atoms with Crippen molar-refractivity contribution < 1.29 is 13.2 Å². The molecule has 1 rings (SSSR count). The predicted octanol–water partition coefficient (Wildman–Crippen LogP) is 2.28. The Hall–Kier alpha value is -1.04. The molecule has 3 nitrogen and oxygen atoms in total. The van der Waals surface area contributed by atoms with E-state index in [1.54, 1.807) is 24.1 Å². The van der Waals surface area contributed by atoms with Crippen molar-refractivity contribution >= 4 is 0 Å². The van der Waals surface area contributed by atoms with Crippen molar-refractivity contribution in [1.29, 1.82) is 0 Å². The van der Waals surface area contributed by atoms with Gasteiger partial charge < -0.3 is 5.32 Å². The van der Waals surface area contributed by atoms with Crippen LogP contribution in [0.5, 0.6) is 0 Å². The Morgan fingerprint density at radius 3 is 2.65 bits per heavy atom. The highest BCUT2D eigenvalue weighted by molar-refractivity contribution is 5.04. The summed E-state index contributed by atoms with van der Waals surface area (Å²) in [6.07, 6.45) is 0.293. The van der Waals surface area contributed by atoms with Gasteiger partial charge in [0.25, 0.3) is 0 Å². The molecule has 0 fully saturated rings. The molecule has 17 heavy (non-hydrogen) atoms. The van der Waals surface area contributed by atoms with Crippen molar-refractivity contribution in [3.05, 3.63) is 18.0 Å². The summed E-state index contributed by atoms with van der Waals surface area (Å²) in [5.74, 6) is 0. The second-order valence-corrected chi connectivity index (χ2v) is 4.11. The van der Waals surface area contributed by atoms with Crippen LogP contribution >= 0.6 is 0 Å². The molecule has 0 radical (unpaired) electrons. The van der Waals surface area contributed by atoms with E-state index < -0.39 is 12.2 Å². The zero-order valence-corrected chi connectivity index (χ0v) is 10.1. The molecule has 6 heteroatoms. The van der Waals surface area contributed by atoms with Gasteiger partial charge in [0, 0.05) is 13.2 Å². The number of halogens is 3. The maximum Gasteiger partial charge on any atom is 0.403 e. The van der Waals surface area contributed by atoms with Crippen LogP contribution in [0.1, 0.15) is 25.3 Å². The van der Waals surface area contributed by atoms with Gasteiger partial charge in [0.05, 0.1) is 6.20 Å². The van der Waals surface area contributed by atoms with Crippen LogP contribution in [-0.2, 0) is 13.5 Å². The van der Waals surface area contributed by atoms with E-state index in [1.165, 1.54) is 0 Å². The molecule has 1 unspecified atom stereocenters. The molecule has 0 amide bonds. The van der Waals surface area contributed by atoms with Crippen molar-refractivity contribution in [3.63, 3.8) is 0 Å². The highest BCUT2D eigenvalue weighted by atomic mass is 19.4. The molecule has 0 spiro atoms. The SMILES string of the molecule is CCCNC(CCc1cnn(C)c1)C(F)(F)F. The van der Waals surface area contributed by atoms with Gasteiger partial charge in [-0.1, -0.05) is 6.92 Å². The molecule has 0 aliphatic rings. The molecule has 1 aromatic rings. The summed E-state index contributed by atoms with van der Waals surface area (Å²) in [5.41, 5.74) is 0.833. The standard InChI is InChI=1S/C11H18F3N3/c1-3-6-15-10(11(12,13)14)5-4-9-7-16-17(2)8-9/h7-8,10,15H,3-6H2,1-2H3. The Balaban J connectivity index is 2.49. The Morgan fingerprint density at radius 2 is 2.18 bits per heavy atom. The van der Waals surface area contributed by atoms with Gasteiger partial charge in [-0.2, -0.15) is 18.3 Å². The second-order valence-electron chi connectivity index (χ2n) is 4.11. The molecule has 0 aromatic carbocycles. The van der Waals surface area contributed by atoms with Gasteiger partial charge >= 0.3 is 6.18 Å². The molecular formula is C11H18F3N3. The lowest BCUT2D eigenvalue weighted by molar-refractivity contribution is -0.157. The molecule has 1 atom stereocenters. The fraction of sp³-hybridized carbons (Fsp3) is 0.727. The Kier molecular flexibility index (Phi) is 4.99. The lowest BCUT2D eigenvalue weighted by atomic mass is 10.1. The van der Waals surface area contributed by atoms with Gasteiger partial charge in [0.2, 0.25) is 0 Å². The van der Waals surface area contributed by atoms with Crippen LogP contribution < -0.4 is 5.32 Å². The third kappa shape index (κ3) is 4.77. The quantitative estimate of drug-likeness (QED) is 0.838. The van der Waals surface area contributed by atoms with Gasteiger partial charge in [-0.15, -0.1) is 0 Å². The molecule has 0 saturated heterocycles. The minimum absolute atomic E-state index is 0.0508. The Labute approximate surface area is 99.0 Å². The van der Waals surface area contributed by atoms with Crippen LogP contribution in [0, 0.1) is 0 Å². The van der Waals surface area contributed by atoms with Crippen molar-refractivity contribution in [1.82, 2.24) is 15.1 Å². The summed E-state index contributed by atoms with van der Waals surface area (Å²) in [4.78, 5) is 0. The van der Waals surface area contributed by atoms with Crippen molar-refractivity contribution in [2.75, 3.05) is 6.54 Å². The van der Waals surface area contributed by atoms with Crippen LogP contribution in [0.4, 0.5) is 13.2 Å². The van der Waals surface area contributed by atoms with Crippen LogP contribution in [0.25, 0.3) is 0 Å². The van der Waals surface area contributed by atoms with Crippen LogP contribution in [-0.4, -0.2) is 28.5 Å². The molecule has 0 bridgehead atoms. The summed E-state index contributed by atoms with van der Waals surface area (Å²) in [6, 6.07) is -1.43. The smallest absolute Gasteiger partial charge is 0.306 e. The average molecular weight is 249 g/mol. The van der Waals surface area contributed by atoms with Gasteiger partial charge in [-0.3, -0.25) is 4.68 Å². The van der Waals surface area contributed by atoms with E-state index in [0.29, 0.717) is 19.4 Å². The monoisotopic (exact) mass is 249 g/mol. The fourth-order valence-electron chi connectivity index (χ4n) is 1.61. The van der Waals surface area contributed by atoms with E-state index in [9.17, 15) is 13.2 Å². The van der Waals surface area contributed by atoms with Crippen molar-refractivity contribution in [2.24, 2.45) is 7.05 Å². The topological polar surface area (TPSA) is 29.9 Å². The van der Waals surface area contributed by atoms with E-state index in [2.05, 4.69) is 10.4 Å². The summed E-state index contributed by atoms with van der Waals surface area (Å²) in [5, 5.41) is 6.47. The highest BCUT2D eigenvalue weighted by Gasteiger charge is 2.38. The van der Waals surface area contributed by atoms with Gasteiger partial charge in [0.1, 0.15) is 6.04 Å². The first-order valence-corrected chi connectivity index (χ1v) is 5.71. The minimum Gasteiger partial charge on any atom is -0.306 e. The van der Waals surface area contributed by atoms with Gasteiger partial charge in [-0.05, 0) is 31.4 Å². The molecule has 1 heterocycles. The van der Waals surface area contributed by atoms with Crippen LogP contribution in [0.3, 0.4) is 0 Å². The van der Waals surface area contributed by atoms with E-state index in [4.69, 9.17) is 0 Å². The third-order valence-electron chi connectivity index (χ3n) is 2.52. The maximum absolute atomic E-state index is 12.7. The van der Waals surface area contributed by atoms with Crippen molar-refractivity contribution in [2.45, 2.75) is 38.4 Å². The van der Waals surface area contributed by atoms with Gasteiger partial charge in [-0.25, -0.2) is 0 Å². The molecular weight excluding hydrogens is 231 g/mol. The predicted molar refractivity (Wildman–Crippen MR) is 59.7 cm³/mol. The molecule has 0 saturated carbocycles. The highest BCUT2D eigenvalue weighted by Crippen LogP contribution is 2.23. The normalized spacial score (nSPS) is 13.9. The number of alkyl halides is 3. The number of aryl methyl sites for hydroxylation is 2. The van der Waals surface area contributed by atoms with E-state index >= 15 is 0 Å². The molecule has 0 aliphatic heterocycles. The summed E-state index contributed by atoms with van der Waals surface area (Å²) < 4.78 is 39.6. The zero-order valence-electron chi connectivity index (χ0n) is 10.1. The summed E-state index contributed by atoms with van der Waals surface area (Å²) in [7, 11) is 1.75. The van der Waals surface area contributed by atoms with E-state index in [1.807, 2.05) is 6.92 Å².